The third-order valence-electron chi connectivity index (χ3n) is 5.05. The summed E-state index contributed by atoms with van der Waals surface area (Å²) in [6.45, 7) is 2.51. The number of amides is 1. The molecule has 5 heteroatoms. The molecule has 0 aliphatic heterocycles. The van der Waals surface area contributed by atoms with Crippen LogP contribution in [0.25, 0.3) is 0 Å². The van der Waals surface area contributed by atoms with Crippen molar-refractivity contribution in [1.82, 2.24) is 5.32 Å². The van der Waals surface area contributed by atoms with Crippen LogP contribution in [-0.2, 0) is 9.59 Å². The maximum Gasteiger partial charge on any atom is 0.307 e. The van der Waals surface area contributed by atoms with Crippen molar-refractivity contribution in [2.45, 2.75) is 51.6 Å². The number of carboxylic acids is 1. The van der Waals surface area contributed by atoms with Gasteiger partial charge in [0.05, 0.1) is 17.9 Å². The van der Waals surface area contributed by atoms with Gasteiger partial charge >= 0.3 is 5.97 Å². The van der Waals surface area contributed by atoms with Crippen LogP contribution in [0.4, 0.5) is 0 Å². The molecule has 5 atom stereocenters. The van der Waals surface area contributed by atoms with E-state index in [0.717, 1.165) is 25.7 Å². The largest absolute Gasteiger partial charge is 0.481 e. The molecule has 0 saturated heterocycles. The lowest BCUT2D eigenvalue weighted by Crippen LogP contribution is -2.39. The molecule has 1 amide bonds. The fourth-order valence-corrected chi connectivity index (χ4v) is 3.66. The summed E-state index contributed by atoms with van der Waals surface area (Å²) in [5, 5.41) is 21.9. The Hall–Kier alpha value is -1.10. The molecule has 3 N–H and O–H groups in total. The molecule has 2 rings (SSSR count). The highest BCUT2D eigenvalue weighted by Crippen LogP contribution is 2.38. The summed E-state index contributed by atoms with van der Waals surface area (Å²) in [4.78, 5) is 23.5. The van der Waals surface area contributed by atoms with Gasteiger partial charge in [-0.2, -0.15) is 0 Å². The van der Waals surface area contributed by atoms with Crippen LogP contribution in [0, 0.1) is 23.7 Å². The molecular formula is C15H25NO4. The van der Waals surface area contributed by atoms with Crippen LogP contribution in [0.5, 0.6) is 0 Å². The van der Waals surface area contributed by atoms with E-state index in [-0.39, 0.29) is 17.9 Å². The highest BCUT2D eigenvalue weighted by molar-refractivity contribution is 5.85. The Balaban J connectivity index is 1.88. The van der Waals surface area contributed by atoms with E-state index >= 15 is 0 Å². The van der Waals surface area contributed by atoms with Gasteiger partial charge in [-0.05, 0) is 31.6 Å². The van der Waals surface area contributed by atoms with E-state index in [0.29, 0.717) is 25.3 Å². The Morgan fingerprint density at radius 1 is 1.20 bits per heavy atom. The zero-order valence-electron chi connectivity index (χ0n) is 12.0. The van der Waals surface area contributed by atoms with Crippen molar-refractivity contribution < 1.29 is 19.8 Å². The summed E-state index contributed by atoms with van der Waals surface area (Å²) >= 11 is 0. The molecule has 0 aromatic carbocycles. The van der Waals surface area contributed by atoms with Crippen LogP contribution in [0.1, 0.15) is 45.4 Å². The lowest BCUT2D eigenvalue weighted by Gasteiger charge is -2.19. The van der Waals surface area contributed by atoms with Gasteiger partial charge in [-0.3, -0.25) is 9.59 Å². The van der Waals surface area contributed by atoms with Gasteiger partial charge in [-0.15, -0.1) is 0 Å². The number of aliphatic hydroxyl groups excluding tert-OH is 1. The molecule has 5 nitrogen and oxygen atoms in total. The third-order valence-corrected chi connectivity index (χ3v) is 5.05. The molecule has 0 aromatic rings. The Labute approximate surface area is 119 Å². The number of aliphatic hydroxyl groups is 1. The highest BCUT2D eigenvalue weighted by Gasteiger charge is 2.42. The first kappa shape index (κ1) is 15.3. The predicted octanol–water partition coefficient (Wildman–Crippen LogP) is 1.40. The Kier molecular flexibility index (Phi) is 5.02. The van der Waals surface area contributed by atoms with Crippen molar-refractivity contribution in [1.29, 1.82) is 0 Å². The number of hydrogen-bond donors (Lipinski definition) is 3. The standard InChI is InChI=1S/C15H25NO4/c1-2-9-6-11(12(7-9)15(19)20)14(18)16-8-10-4-3-5-13(10)17/h9-13,17H,2-8H2,1H3,(H,16,18)(H,19,20)/t9?,10?,11-,12+,13?/m0/s1. The minimum absolute atomic E-state index is 0.130. The normalized spacial score (nSPS) is 37.0. The first-order valence-corrected chi connectivity index (χ1v) is 7.71. The van der Waals surface area contributed by atoms with Gasteiger partial charge in [-0.1, -0.05) is 19.8 Å². The van der Waals surface area contributed by atoms with E-state index in [1.807, 2.05) is 6.92 Å². The number of aliphatic carboxylic acids is 1. The van der Waals surface area contributed by atoms with E-state index < -0.39 is 17.8 Å². The SMILES string of the molecule is CCC1C[C@H](C(=O)NCC2CCCC2O)[C@H](C(=O)O)C1. The maximum absolute atomic E-state index is 12.2. The monoisotopic (exact) mass is 283 g/mol. The minimum Gasteiger partial charge on any atom is -0.481 e. The summed E-state index contributed by atoms with van der Waals surface area (Å²) in [5.74, 6) is -1.49. The van der Waals surface area contributed by atoms with Crippen LogP contribution in [0.3, 0.4) is 0 Å². The number of hydrogen-bond acceptors (Lipinski definition) is 3. The van der Waals surface area contributed by atoms with Crippen molar-refractivity contribution in [3.8, 4) is 0 Å². The van der Waals surface area contributed by atoms with E-state index in [1.54, 1.807) is 0 Å². The highest BCUT2D eigenvalue weighted by atomic mass is 16.4. The number of carboxylic acid groups (broad SMARTS) is 1. The zero-order chi connectivity index (χ0) is 14.7. The van der Waals surface area contributed by atoms with Crippen LogP contribution in [-0.4, -0.2) is 34.7 Å². The maximum atomic E-state index is 12.2. The lowest BCUT2D eigenvalue weighted by molar-refractivity contribution is -0.146. The predicted molar refractivity (Wildman–Crippen MR) is 74.0 cm³/mol. The molecule has 20 heavy (non-hydrogen) atoms. The summed E-state index contributed by atoms with van der Waals surface area (Å²) in [7, 11) is 0. The van der Waals surface area contributed by atoms with Gasteiger partial charge in [0.2, 0.25) is 5.91 Å². The summed E-state index contributed by atoms with van der Waals surface area (Å²) in [6.07, 6.45) is 4.63. The second-order valence-electron chi connectivity index (χ2n) is 6.30. The third kappa shape index (κ3) is 3.32. The number of nitrogens with one attached hydrogen (secondary N) is 1. The second kappa shape index (κ2) is 6.57. The van der Waals surface area contributed by atoms with E-state index in [1.165, 1.54) is 0 Å². The lowest BCUT2D eigenvalue weighted by atomic mass is 9.95. The van der Waals surface area contributed by atoms with Crippen LogP contribution in [0.15, 0.2) is 0 Å². The van der Waals surface area contributed by atoms with Gasteiger partial charge in [-0.25, -0.2) is 0 Å². The molecule has 3 unspecified atom stereocenters. The fraction of sp³-hybridized carbons (Fsp3) is 0.867. The average molecular weight is 283 g/mol. The first-order valence-electron chi connectivity index (χ1n) is 7.71. The van der Waals surface area contributed by atoms with Crippen molar-refractivity contribution >= 4 is 11.9 Å². The first-order chi connectivity index (χ1) is 9.52. The molecule has 2 saturated carbocycles. The molecule has 0 bridgehead atoms. The van der Waals surface area contributed by atoms with Crippen molar-refractivity contribution in [2.24, 2.45) is 23.7 Å². The Morgan fingerprint density at radius 2 is 1.90 bits per heavy atom. The summed E-state index contributed by atoms with van der Waals surface area (Å²) < 4.78 is 0. The van der Waals surface area contributed by atoms with Crippen LogP contribution < -0.4 is 5.32 Å². The van der Waals surface area contributed by atoms with Gasteiger partial charge in [0.15, 0.2) is 0 Å². The van der Waals surface area contributed by atoms with Crippen molar-refractivity contribution in [3.05, 3.63) is 0 Å². The minimum atomic E-state index is -0.859. The molecule has 2 fully saturated rings. The number of carbonyl (C=O) groups excluding carboxylic acids is 1. The summed E-state index contributed by atoms with van der Waals surface area (Å²) in [5.41, 5.74) is 0. The zero-order valence-corrected chi connectivity index (χ0v) is 12.0. The topological polar surface area (TPSA) is 86.6 Å². The fourth-order valence-electron chi connectivity index (χ4n) is 3.66. The molecule has 2 aliphatic rings. The van der Waals surface area contributed by atoms with E-state index in [4.69, 9.17) is 0 Å². The van der Waals surface area contributed by atoms with Crippen LogP contribution in [0.2, 0.25) is 0 Å². The van der Waals surface area contributed by atoms with E-state index in [9.17, 15) is 19.8 Å². The van der Waals surface area contributed by atoms with Gasteiger partial charge < -0.3 is 15.5 Å². The number of carbonyl (C=O) groups is 2. The molecule has 0 radical (unpaired) electrons. The van der Waals surface area contributed by atoms with Gasteiger partial charge in [0, 0.05) is 12.5 Å². The molecule has 0 aromatic heterocycles. The molecule has 0 heterocycles. The quantitative estimate of drug-likeness (QED) is 0.712. The summed E-state index contributed by atoms with van der Waals surface area (Å²) in [6, 6.07) is 0. The number of rotatable bonds is 5. The molecule has 2 aliphatic carbocycles. The molecule has 0 spiro atoms. The Morgan fingerprint density at radius 3 is 2.45 bits per heavy atom. The molecule has 114 valence electrons. The average Bonchev–Trinajstić information content (AvgIpc) is 3.02. The Bertz CT molecular complexity index is 371. The van der Waals surface area contributed by atoms with Gasteiger partial charge in [0.25, 0.3) is 0 Å². The molecular weight excluding hydrogens is 258 g/mol. The van der Waals surface area contributed by atoms with Crippen molar-refractivity contribution in [2.75, 3.05) is 6.54 Å². The van der Waals surface area contributed by atoms with Gasteiger partial charge in [0.1, 0.15) is 0 Å². The van der Waals surface area contributed by atoms with Crippen LogP contribution >= 0.6 is 0 Å². The second-order valence-corrected chi connectivity index (χ2v) is 6.30. The van der Waals surface area contributed by atoms with E-state index in [2.05, 4.69) is 5.32 Å². The van der Waals surface area contributed by atoms with Crippen molar-refractivity contribution in [3.63, 3.8) is 0 Å². The smallest absolute Gasteiger partial charge is 0.307 e.